The minimum Gasteiger partial charge on any atom is -0.369 e. The van der Waals surface area contributed by atoms with Crippen molar-refractivity contribution in [2.24, 2.45) is 0 Å². The van der Waals surface area contributed by atoms with Gasteiger partial charge in [0.15, 0.2) is 5.65 Å². The van der Waals surface area contributed by atoms with Crippen molar-refractivity contribution in [3.8, 4) is 6.07 Å². The Bertz CT molecular complexity index is 886. The number of benzene rings is 1. The number of nitriles is 1. The first kappa shape index (κ1) is 15.4. The van der Waals surface area contributed by atoms with Crippen molar-refractivity contribution in [2.45, 2.75) is 46.1 Å². The molecule has 0 unspecified atom stereocenters. The van der Waals surface area contributed by atoms with E-state index >= 15 is 0 Å². The molecule has 2 aromatic heterocycles. The van der Waals surface area contributed by atoms with Crippen LogP contribution >= 0.6 is 0 Å². The second-order valence-corrected chi connectivity index (χ2v) is 6.00. The summed E-state index contributed by atoms with van der Waals surface area (Å²) in [6, 6.07) is 12.9. The van der Waals surface area contributed by atoms with E-state index in [-0.39, 0.29) is 0 Å². The summed E-state index contributed by atoms with van der Waals surface area (Å²) in [5.41, 5.74) is 4.48. The van der Waals surface area contributed by atoms with Gasteiger partial charge in [0, 0.05) is 6.04 Å². The summed E-state index contributed by atoms with van der Waals surface area (Å²) >= 11 is 0. The van der Waals surface area contributed by atoms with Crippen molar-refractivity contribution >= 4 is 22.5 Å². The molecule has 23 heavy (non-hydrogen) atoms. The van der Waals surface area contributed by atoms with Gasteiger partial charge in [0.05, 0.1) is 16.6 Å². The van der Waals surface area contributed by atoms with Crippen molar-refractivity contribution in [3.63, 3.8) is 0 Å². The van der Waals surface area contributed by atoms with E-state index in [0.29, 0.717) is 11.6 Å². The van der Waals surface area contributed by atoms with Crippen LogP contribution in [0.3, 0.4) is 0 Å². The summed E-state index contributed by atoms with van der Waals surface area (Å²) in [6.07, 6.45) is 2.93. The molecule has 0 radical (unpaired) electrons. The van der Waals surface area contributed by atoms with Gasteiger partial charge in [-0.1, -0.05) is 32.4 Å². The Labute approximate surface area is 136 Å². The Kier molecular flexibility index (Phi) is 4.20. The number of anilines is 1. The standard InChI is InChI=1S/C19H22N4/c1-4-8-14-11-18(21-13(3)5-2)23-17-10-7-6-9-16(17)22-19(23)15(14)12-20/h6-7,9-11,13,21H,4-5,8H2,1-3H3/t13-/m1/s1. The van der Waals surface area contributed by atoms with Gasteiger partial charge in [0.1, 0.15) is 11.9 Å². The highest BCUT2D eigenvalue weighted by Gasteiger charge is 2.17. The van der Waals surface area contributed by atoms with Gasteiger partial charge in [0.25, 0.3) is 0 Å². The number of fused-ring (bicyclic) bond motifs is 3. The van der Waals surface area contributed by atoms with E-state index in [1.807, 2.05) is 18.2 Å². The zero-order chi connectivity index (χ0) is 16.4. The molecule has 1 N–H and O–H groups in total. The Morgan fingerprint density at radius 2 is 2.09 bits per heavy atom. The van der Waals surface area contributed by atoms with Crippen molar-refractivity contribution in [1.29, 1.82) is 5.26 Å². The maximum atomic E-state index is 9.66. The van der Waals surface area contributed by atoms with Gasteiger partial charge in [-0.25, -0.2) is 4.98 Å². The SMILES string of the molecule is CCCc1cc(N[C@H](C)CC)n2c(nc3ccccc32)c1C#N. The van der Waals surface area contributed by atoms with E-state index in [2.05, 4.69) is 48.7 Å². The zero-order valence-corrected chi connectivity index (χ0v) is 13.9. The molecule has 3 rings (SSSR count). The second kappa shape index (κ2) is 6.29. The first-order chi connectivity index (χ1) is 11.2. The summed E-state index contributed by atoms with van der Waals surface area (Å²) in [7, 11) is 0. The van der Waals surface area contributed by atoms with Crippen LogP contribution < -0.4 is 5.32 Å². The number of aromatic nitrogens is 2. The predicted octanol–water partition coefficient (Wildman–Crippen LogP) is 4.52. The minimum atomic E-state index is 0.363. The van der Waals surface area contributed by atoms with Crippen molar-refractivity contribution < 1.29 is 0 Å². The van der Waals surface area contributed by atoms with Crippen LogP contribution in [-0.4, -0.2) is 15.4 Å². The molecule has 0 bridgehead atoms. The third kappa shape index (κ3) is 2.63. The Morgan fingerprint density at radius 1 is 1.30 bits per heavy atom. The fourth-order valence-electron chi connectivity index (χ4n) is 2.93. The maximum absolute atomic E-state index is 9.66. The largest absolute Gasteiger partial charge is 0.369 e. The number of nitrogens with zero attached hydrogens (tertiary/aromatic N) is 3. The number of rotatable bonds is 5. The number of imidazole rings is 1. The lowest BCUT2D eigenvalue weighted by Gasteiger charge is -2.17. The first-order valence-corrected chi connectivity index (χ1v) is 8.29. The van der Waals surface area contributed by atoms with Crippen LogP contribution in [-0.2, 0) is 6.42 Å². The van der Waals surface area contributed by atoms with Gasteiger partial charge in [0.2, 0.25) is 0 Å². The lowest BCUT2D eigenvalue weighted by atomic mass is 10.1. The Balaban J connectivity index is 2.36. The minimum absolute atomic E-state index is 0.363. The number of aryl methyl sites for hydroxylation is 1. The lowest BCUT2D eigenvalue weighted by Crippen LogP contribution is -2.16. The smallest absolute Gasteiger partial charge is 0.157 e. The van der Waals surface area contributed by atoms with Crippen LogP contribution in [0.1, 0.15) is 44.7 Å². The quantitative estimate of drug-likeness (QED) is 0.754. The Hall–Kier alpha value is -2.54. The number of hydrogen-bond acceptors (Lipinski definition) is 3. The maximum Gasteiger partial charge on any atom is 0.157 e. The number of pyridine rings is 1. The molecule has 0 amide bonds. The molecule has 1 atom stereocenters. The highest BCUT2D eigenvalue weighted by molar-refractivity contribution is 5.85. The van der Waals surface area contributed by atoms with Gasteiger partial charge in [-0.05, 0) is 43.5 Å². The van der Waals surface area contributed by atoms with Crippen molar-refractivity contribution in [2.75, 3.05) is 5.32 Å². The molecule has 0 saturated heterocycles. The molecule has 0 saturated carbocycles. The van der Waals surface area contributed by atoms with E-state index in [0.717, 1.165) is 47.3 Å². The van der Waals surface area contributed by atoms with Gasteiger partial charge in [-0.3, -0.25) is 4.40 Å². The fraction of sp³-hybridized carbons (Fsp3) is 0.368. The normalized spacial score (nSPS) is 12.4. The molecule has 0 fully saturated rings. The molecule has 0 aliphatic heterocycles. The van der Waals surface area contributed by atoms with E-state index in [1.54, 1.807) is 0 Å². The van der Waals surface area contributed by atoms with Crippen LogP contribution in [0.25, 0.3) is 16.7 Å². The molecule has 4 heteroatoms. The fourth-order valence-corrected chi connectivity index (χ4v) is 2.93. The molecule has 0 aliphatic carbocycles. The van der Waals surface area contributed by atoms with Crippen LogP contribution in [0.15, 0.2) is 30.3 Å². The van der Waals surface area contributed by atoms with E-state index in [4.69, 9.17) is 4.98 Å². The summed E-state index contributed by atoms with van der Waals surface area (Å²) in [4.78, 5) is 4.72. The average Bonchev–Trinajstić information content (AvgIpc) is 2.94. The lowest BCUT2D eigenvalue weighted by molar-refractivity contribution is 0.756. The number of nitrogens with one attached hydrogen (secondary N) is 1. The summed E-state index contributed by atoms with van der Waals surface area (Å²) in [5, 5.41) is 13.2. The Morgan fingerprint density at radius 3 is 2.78 bits per heavy atom. The molecule has 0 aliphatic rings. The third-order valence-electron chi connectivity index (χ3n) is 4.30. The topological polar surface area (TPSA) is 53.1 Å². The van der Waals surface area contributed by atoms with Crippen molar-refractivity contribution in [3.05, 3.63) is 41.5 Å². The molecule has 0 spiro atoms. The van der Waals surface area contributed by atoms with Crippen LogP contribution in [0.4, 0.5) is 5.82 Å². The van der Waals surface area contributed by atoms with E-state index in [9.17, 15) is 5.26 Å². The second-order valence-electron chi connectivity index (χ2n) is 6.00. The molecular weight excluding hydrogens is 284 g/mol. The summed E-state index contributed by atoms with van der Waals surface area (Å²) < 4.78 is 2.08. The van der Waals surface area contributed by atoms with Crippen molar-refractivity contribution in [1.82, 2.24) is 9.38 Å². The molecule has 2 heterocycles. The molecule has 118 valence electrons. The monoisotopic (exact) mass is 306 g/mol. The average molecular weight is 306 g/mol. The van der Waals surface area contributed by atoms with Gasteiger partial charge in [-0.2, -0.15) is 5.26 Å². The van der Waals surface area contributed by atoms with Crippen LogP contribution in [0, 0.1) is 11.3 Å². The van der Waals surface area contributed by atoms with Gasteiger partial charge < -0.3 is 5.32 Å². The summed E-state index contributed by atoms with van der Waals surface area (Å²) in [6.45, 7) is 6.47. The zero-order valence-electron chi connectivity index (χ0n) is 13.9. The highest BCUT2D eigenvalue weighted by atomic mass is 15.1. The third-order valence-corrected chi connectivity index (χ3v) is 4.30. The number of para-hydroxylation sites is 2. The first-order valence-electron chi connectivity index (χ1n) is 8.29. The van der Waals surface area contributed by atoms with Gasteiger partial charge in [-0.15, -0.1) is 0 Å². The number of hydrogen-bond donors (Lipinski definition) is 1. The van der Waals surface area contributed by atoms with Gasteiger partial charge >= 0.3 is 0 Å². The molecule has 4 nitrogen and oxygen atoms in total. The summed E-state index contributed by atoms with van der Waals surface area (Å²) in [5.74, 6) is 1.02. The van der Waals surface area contributed by atoms with E-state index < -0.39 is 0 Å². The van der Waals surface area contributed by atoms with E-state index in [1.165, 1.54) is 0 Å². The van der Waals surface area contributed by atoms with Crippen LogP contribution in [0.5, 0.6) is 0 Å². The molecule has 1 aromatic carbocycles. The molecule has 3 aromatic rings. The predicted molar refractivity (Wildman–Crippen MR) is 94.8 cm³/mol. The van der Waals surface area contributed by atoms with Crippen LogP contribution in [0.2, 0.25) is 0 Å². The molecular formula is C19H22N4. The highest BCUT2D eigenvalue weighted by Crippen LogP contribution is 2.28.